The molecule has 2 N–H and O–H groups in total. The third kappa shape index (κ3) is 4.17. The summed E-state index contributed by atoms with van der Waals surface area (Å²) in [4.78, 5) is 11.7. The van der Waals surface area contributed by atoms with Gasteiger partial charge in [0.1, 0.15) is 11.5 Å². The normalized spacial score (nSPS) is 12.0. The minimum absolute atomic E-state index is 0.0143. The van der Waals surface area contributed by atoms with E-state index in [9.17, 15) is 15.0 Å². The first-order valence-electron chi connectivity index (χ1n) is 7.36. The van der Waals surface area contributed by atoms with Crippen LogP contribution < -0.4 is 4.74 Å². The molecule has 2 aromatic rings. The molecule has 4 nitrogen and oxygen atoms in total. The number of aromatic hydroxyl groups is 1. The molecule has 0 aliphatic carbocycles. The lowest BCUT2D eigenvalue weighted by Crippen LogP contribution is -2.15. The second-order valence-electron chi connectivity index (χ2n) is 5.33. The number of halogens is 1. The van der Waals surface area contributed by atoms with Crippen LogP contribution in [-0.4, -0.2) is 22.8 Å². The lowest BCUT2D eigenvalue weighted by molar-refractivity contribution is -0.138. The highest BCUT2D eigenvalue weighted by Crippen LogP contribution is 2.30. The Labute approximate surface area is 140 Å². The quantitative estimate of drug-likeness (QED) is 0.832. The SMILES string of the molecule is CCOc1ccc(C(Cc2ccc(O)c(Cl)c2)C(=O)O)c(C)c1. The Balaban J connectivity index is 2.31. The number of carboxylic acids is 1. The van der Waals surface area contributed by atoms with Crippen molar-refractivity contribution in [2.45, 2.75) is 26.2 Å². The zero-order valence-electron chi connectivity index (χ0n) is 13.0. The van der Waals surface area contributed by atoms with Gasteiger partial charge in [-0.2, -0.15) is 0 Å². The number of carboxylic acid groups (broad SMARTS) is 1. The molecule has 0 radical (unpaired) electrons. The van der Waals surface area contributed by atoms with E-state index in [-0.39, 0.29) is 10.8 Å². The first kappa shape index (κ1) is 17.2. The number of phenolic OH excluding ortho intramolecular Hbond substituents is 1. The molecule has 1 atom stereocenters. The Kier molecular flexibility index (Phi) is 5.50. The molecular weight excluding hydrogens is 316 g/mol. The Morgan fingerprint density at radius 3 is 2.57 bits per heavy atom. The van der Waals surface area contributed by atoms with Crippen LogP contribution in [0.5, 0.6) is 11.5 Å². The van der Waals surface area contributed by atoms with E-state index in [1.165, 1.54) is 6.07 Å². The van der Waals surface area contributed by atoms with E-state index in [1.54, 1.807) is 24.3 Å². The number of carbonyl (C=O) groups is 1. The van der Waals surface area contributed by atoms with Gasteiger partial charge < -0.3 is 14.9 Å². The van der Waals surface area contributed by atoms with Gasteiger partial charge in [-0.3, -0.25) is 4.79 Å². The van der Waals surface area contributed by atoms with Gasteiger partial charge in [0, 0.05) is 0 Å². The highest BCUT2D eigenvalue weighted by molar-refractivity contribution is 6.32. The number of benzene rings is 2. The Bertz CT molecular complexity index is 712. The molecular formula is C18H19ClO4. The molecule has 2 aromatic carbocycles. The van der Waals surface area contributed by atoms with E-state index in [2.05, 4.69) is 0 Å². The topological polar surface area (TPSA) is 66.8 Å². The maximum absolute atomic E-state index is 11.7. The smallest absolute Gasteiger partial charge is 0.311 e. The number of hydrogen-bond acceptors (Lipinski definition) is 3. The van der Waals surface area contributed by atoms with Crippen molar-refractivity contribution in [1.82, 2.24) is 0 Å². The fourth-order valence-electron chi connectivity index (χ4n) is 2.54. The second-order valence-corrected chi connectivity index (χ2v) is 5.74. The molecule has 2 rings (SSSR count). The number of ether oxygens (including phenoxy) is 1. The van der Waals surface area contributed by atoms with Crippen molar-refractivity contribution in [3.05, 3.63) is 58.1 Å². The van der Waals surface area contributed by atoms with Gasteiger partial charge in [-0.1, -0.05) is 23.7 Å². The first-order valence-corrected chi connectivity index (χ1v) is 7.73. The minimum Gasteiger partial charge on any atom is -0.506 e. The fraction of sp³-hybridized carbons (Fsp3) is 0.278. The number of rotatable bonds is 6. The van der Waals surface area contributed by atoms with E-state index in [0.29, 0.717) is 13.0 Å². The summed E-state index contributed by atoms with van der Waals surface area (Å²) in [6.45, 7) is 4.34. The summed E-state index contributed by atoms with van der Waals surface area (Å²) < 4.78 is 5.44. The number of aryl methyl sites for hydroxylation is 1. The third-order valence-electron chi connectivity index (χ3n) is 3.68. The Morgan fingerprint density at radius 2 is 2.00 bits per heavy atom. The van der Waals surface area contributed by atoms with Gasteiger partial charge in [-0.15, -0.1) is 0 Å². The molecule has 23 heavy (non-hydrogen) atoms. The van der Waals surface area contributed by atoms with Crippen LogP contribution in [0.2, 0.25) is 5.02 Å². The number of phenols is 1. The minimum atomic E-state index is -0.901. The zero-order valence-corrected chi connectivity index (χ0v) is 13.8. The molecule has 0 amide bonds. The molecule has 0 saturated heterocycles. The maximum atomic E-state index is 11.7. The Hall–Kier alpha value is -2.20. The van der Waals surface area contributed by atoms with E-state index in [0.717, 1.165) is 22.4 Å². The van der Waals surface area contributed by atoms with Crippen molar-refractivity contribution in [3.8, 4) is 11.5 Å². The lowest BCUT2D eigenvalue weighted by Gasteiger charge is -2.17. The van der Waals surface area contributed by atoms with Gasteiger partial charge in [-0.25, -0.2) is 0 Å². The standard InChI is InChI=1S/C18H19ClO4/c1-3-23-13-5-6-14(11(2)8-13)15(18(21)22)9-12-4-7-17(20)16(19)10-12/h4-8,10,15,20H,3,9H2,1-2H3,(H,21,22). The average molecular weight is 335 g/mol. The first-order chi connectivity index (χ1) is 10.9. The van der Waals surface area contributed by atoms with Crippen molar-refractivity contribution < 1.29 is 19.7 Å². The molecule has 1 unspecified atom stereocenters. The van der Waals surface area contributed by atoms with Crippen LogP contribution >= 0.6 is 11.6 Å². The summed E-state index contributed by atoms with van der Waals surface area (Å²) in [6.07, 6.45) is 0.296. The predicted molar refractivity (Wildman–Crippen MR) is 89.5 cm³/mol. The van der Waals surface area contributed by atoms with Crippen molar-refractivity contribution in [3.63, 3.8) is 0 Å². The highest BCUT2D eigenvalue weighted by Gasteiger charge is 2.22. The van der Waals surface area contributed by atoms with Gasteiger partial charge in [0.05, 0.1) is 17.5 Å². The molecule has 0 heterocycles. The molecule has 0 spiro atoms. The van der Waals surface area contributed by atoms with E-state index in [4.69, 9.17) is 16.3 Å². The van der Waals surface area contributed by atoms with Crippen LogP contribution in [0.3, 0.4) is 0 Å². The van der Waals surface area contributed by atoms with Crippen LogP contribution in [0.25, 0.3) is 0 Å². The van der Waals surface area contributed by atoms with Gasteiger partial charge >= 0.3 is 5.97 Å². The maximum Gasteiger partial charge on any atom is 0.311 e. The summed E-state index contributed by atoms with van der Waals surface area (Å²) in [5.74, 6) is -0.877. The van der Waals surface area contributed by atoms with Crippen molar-refractivity contribution in [2.24, 2.45) is 0 Å². The molecule has 0 fully saturated rings. The third-order valence-corrected chi connectivity index (χ3v) is 3.98. The van der Waals surface area contributed by atoms with Crippen LogP contribution in [0, 0.1) is 6.92 Å². The molecule has 0 aliphatic heterocycles. The summed E-state index contributed by atoms with van der Waals surface area (Å²) in [5.41, 5.74) is 2.37. The average Bonchev–Trinajstić information content (AvgIpc) is 2.49. The van der Waals surface area contributed by atoms with E-state index in [1.807, 2.05) is 19.9 Å². The van der Waals surface area contributed by atoms with Gasteiger partial charge in [-0.05, 0) is 61.2 Å². The monoisotopic (exact) mass is 334 g/mol. The molecule has 0 saturated carbocycles. The van der Waals surface area contributed by atoms with Crippen molar-refractivity contribution in [1.29, 1.82) is 0 Å². The fourth-order valence-corrected chi connectivity index (χ4v) is 2.74. The summed E-state index contributed by atoms with van der Waals surface area (Å²) >= 11 is 5.90. The van der Waals surface area contributed by atoms with Crippen molar-refractivity contribution in [2.75, 3.05) is 6.61 Å². The number of aliphatic carboxylic acids is 1. The largest absolute Gasteiger partial charge is 0.506 e. The molecule has 0 aliphatic rings. The summed E-state index contributed by atoms with van der Waals surface area (Å²) in [6, 6.07) is 10.2. The van der Waals surface area contributed by atoms with Crippen LogP contribution in [0.4, 0.5) is 0 Å². The molecule has 5 heteroatoms. The van der Waals surface area contributed by atoms with Gasteiger partial charge in [0.25, 0.3) is 0 Å². The highest BCUT2D eigenvalue weighted by atomic mass is 35.5. The van der Waals surface area contributed by atoms with Crippen LogP contribution in [-0.2, 0) is 11.2 Å². The molecule has 122 valence electrons. The lowest BCUT2D eigenvalue weighted by atomic mass is 9.89. The van der Waals surface area contributed by atoms with Gasteiger partial charge in [0.2, 0.25) is 0 Å². The van der Waals surface area contributed by atoms with E-state index >= 15 is 0 Å². The second kappa shape index (κ2) is 7.38. The zero-order chi connectivity index (χ0) is 17.0. The molecule has 0 aromatic heterocycles. The van der Waals surface area contributed by atoms with Crippen molar-refractivity contribution >= 4 is 17.6 Å². The van der Waals surface area contributed by atoms with Crippen LogP contribution in [0.15, 0.2) is 36.4 Å². The molecule has 0 bridgehead atoms. The Morgan fingerprint density at radius 1 is 1.26 bits per heavy atom. The van der Waals surface area contributed by atoms with Crippen LogP contribution in [0.1, 0.15) is 29.5 Å². The predicted octanol–water partition coefficient (Wildman–Crippen LogP) is 4.16. The summed E-state index contributed by atoms with van der Waals surface area (Å²) in [7, 11) is 0. The number of hydrogen-bond donors (Lipinski definition) is 2. The summed E-state index contributed by atoms with van der Waals surface area (Å²) in [5, 5.41) is 19.3. The van der Waals surface area contributed by atoms with Gasteiger partial charge in [0.15, 0.2) is 0 Å². The van der Waals surface area contributed by atoms with E-state index < -0.39 is 11.9 Å².